The van der Waals surface area contributed by atoms with Crippen LogP contribution >= 0.6 is 0 Å². The summed E-state index contributed by atoms with van der Waals surface area (Å²) in [4.78, 5) is 2.60. The van der Waals surface area contributed by atoms with Crippen LogP contribution in [0.1, 0.15) is 19.8 Å². The molecule has 1 aliphatic carbocycles. The fourth-order valence-electron chi connectivity index (χ4n) is 2.43. The minimum Gasteiger partial charge on any atom is -0.379 e. The first-order valence-corrected chi connectivity index (χ1v) is 6.30. The number of rotatable bonds is 6. The van der Waals surface area contributed by atoms with E-state index in [1.807, 2.05) is 7.05 Å². The molecule has 2 atom stereocenters. The predicted molar refractivity (Wildman–Crippen MR) is 62.0 cm³/mol. The van der Waals surface area contributed by atoms with Crippen molar-refractivity contribution in [1.82, 2.24) is 10.2 Å². The Hall–Kier alpha value is -0.120. The van der Waals surface area contributed by atoms with Gasteiger partial charge >= 0.3 is 0 Å². The zero-order valence-electron chi connectivity index (χ0n) is 10.0. The highest BCUT2D eigenvalue weighted by Crippen LogP contribution is 2.30. The van der Waals surface area contributed by atoms with Gasteiger partial charge in [-0.1, -0.05) is 6.92 Å². The molecule has 0 aromatic carbocycles. The summed E-state index contributed by atoms with van der Waals surface area (Å²) in [6.45, 7) is 7.80. The lowest BCUT2D eigenvalue weighted by atomic mass is 10.0. The van der Waals surface area contributed by atoms with Crippen molar-refractivity contribution in [2.45, 2.75) is 25.8 Å². The van der Waals surface area contributed by atoms with E-state index < -0.39 is 0 Å². The Kier molecular flexibility index (Phi) is 4.00. The largest absolute Gasteiger partial charge is 0.379 e. The van der Waals surface area contributed by atoms with Gasteiger partial charge in [0.1, 0.15) is 0 Å². The van der Waals surface area contributed by atoms with Crippen LogP contribution in [-0.4, -0.2) is 50.8 Å². The van der Waals surface area contributed by atoms with Crippen LogP contribution in [0.15, 0.2) is 0 Å². The molecule has 88 valence electrons. The van der Waals surface area contributed by atoms with Gasteiger partial charge in [-0.2, -0.15) is 0 Å². The fraction of sp³-hybridized carbons (Fsp3) is 1.00. The second kappa shape index (κ2) is 5.28. The van der Waals surface area contributed by atoms with E-state index in [0.29, 0.717) is 12.0 Å². The maximum Gasteiger partial charge on any atom is 0.0623 e. The lowest BCUT2D eigenvalue weighted by molar-refractivity contribution is 0.167. The summed E-state index contributed by atoms with van der Waals surface area (Å²) in [5.41, 5.74) is 0. The van der Waals surface area contributed by atoms with E-state index in [-0.39, 0.29) is 0 Å². The Balaban J connectivity index is 1.76. The summed E-state index contributed by atoms with van der Waals surface area (Å²) in [5.74, 6) is 1.69. The van der Waals surface area contributed by atoms with Crippen LogP contribution in [-0.2, 0) is 4.74 Å². The maximum absolute atomic E-state index is 5.54. The number of likely N-dealkylation sites (N-methyl/N-ethyl adjacent to an activating group) is 1. The third-order valence-electron chi connectivity index (χ3n) is 3.72. The maximum atomic E-state index is 5.54. The zero-order chi connectivity index (χ0) is 10.7. The Bertz CT molecular complexity index is 194. The number of nitrogens with one attached hydrogen (secondary N) is 1. The van der Waals surface area contributed by atoms with Crippen molar-refractivity contribution in [2.24, 2.45) is 11.8 Å². The molecule has 0 aromatic rings. The normalized spacial score (nSPS) is 31.4. The summed E-state index contributed by atoms with van der Waals surface area (Å²) in [5, 5.41) is 3.36. The number of hydrogen-bond donors (Lipinski definition) is 1. The standard InChI is InChI=1S/C12H24N2O/c1-3-14(6-10-4-5-10)7-11-8-15-9-12(11)13-2/h10-13H,3-9H2,1-2H3. The van der Waals surface area contributed by atoms with Crippen molar-refractivity contribution >= 4 is 0 Å². The van der Waals surface area contributed by atoms with Crippen LogP contribution in [0.2, 0.25) is 0 Å². The molecule has 2 aliphatic rings. The van der Waals surface area contributed by atoms with Crippen LogP contribution in [0.4, 0.5) is 0 Å². The Morgan fingerprint density at radius 3 is 2.67 bits per heavy atom. The van der Waals surface area contributed by atoms with Gasteiger partial charge in [0.2, 0.25) is 0 Å². The van der Waals surface area contributed by atoms with Gasteiger partial charge < -0.3 is 15.0 Å². The first kappa shape index (κ1) is 11.4. The van der Waals surface area contributed by atoms with Crippen molar-refractivity contribution in [3.05, 3.63) is 0 Å². The first-order chi connectivity index (χ1) is 7.33. The molecule has 2 unspecified atom stereocenters. The summed E-state index contributed by atoms with van der Waals surface area (Å²) in [6, 6.07) is 0.568. The number of hydrogen-bond acceptors (Lipinski definition) is 3. The number of ether oxygens (including phenoxy) is 1. The third kappa shape index (κ3) is 3.16. The summed E-state index contributed by atoms with van der Waals surface area (Å²) in [6.07, 6.45) is 2.90. The Morgan fingerprint density at radius 1 is 1.27 bits per heavy atom. The minimum atomic E-state index is 0.568. The van der Waals surface area contributed by atoms with Gasteiger partial charge in [-0.15, -0.1) is 0 Å². The average Bonchev–Trinajstić information content (AvgIpc) is 2.95. The second-order valence-electron chi connectivity index (χ2n) is 4.99. The van der Waals surface area contributed by atoms with Gasteiger partial charge in [0.25, 0.3) is 0 Å². The predicted octanol–water partition coefficient (Wildman–Crippen LogP) is 0.953. The first-order valence-electron chi connectivity index (χ1n) is 6.30. The molecule has 2 rings (SSSR count). The van der Waals surface area contributed by atoms with Crippen LogP contribution in [0.25, 0.3) is 0 Å². The van der Waals surface area contributed by atoms with E-state index in [1.54, 1.807) is 0 Å². The highest BCUT2D eigenvalue weighted by Gasteiger charge is 2.30. The van der Waals surface area contributed by atoms with E-state index in [9.17, 15) is 0 Å². The van der Waals surface area contributed by atoms with Gasteiger partial charge in [0.05, 0.1) is 13.2 Å². The zero-order valence-corrected chi connectivity index (χ0v) is 10.0. The highest BCUT2D eigenvalue weighted by molar-refractivity contribution is 4.84. The Morgan fingerprint density at radius 2 is 2.07 bits per heavy atom. The molecule has 0 spiro atoms. The summed E-state index contributed by atoms with van der Waals surface area (Å²) < 4.78 is 5.54. The molecule has 15 heavy (non-hydrogen) atoms. The molecule has 3 heteroatoms. The summed E-state index contributed by atoms with van der Waals surface area (Å²) in [7, 11) is 2.05. The Labute approximate surface area is 93.2 Å². The lowest BCUT2D eigenvalue weighted by Gasteiger charge is -2.26. The summed E-state index contributed by atoms with van der Waals surface area (Å²) >= 11 is 0. The van der Waals surface area contributed by atoms with Crippen molar-refractivity contribution < 1.29 is 4.74 Å². The molecule has 1 saturated carbocycles. The van der Waals surface area contributed by atoms with Crippen LogP contribution in [0, 0.1) is 11.8 Å². The molecular weight excluding hydrogens is 188 g/mol. The van der Waals surface area contributed by atoms with Gasteiger partial charge in [-0.05, 0) is 32.4 Å². The smallest absolute Gasteiger partial charge is 0.0623 e. The average molecular weight is 212 g/mol. The fourth-order valence-corrected chi connectivity index (χ4v) is 2.43. The minimum absolute atomic E-state index is 0.568. The van der Waals surface area contributed by atoms with Crippen molar-refractivity contribution in [3.63, 3.8) is 0 Å². The molecular formula is C12H24N2O. The molecule has 0 aromatic heterocycles. The molecule has 0 bridgehead atoms. The van der Waals surface area contributed by atoms with E-state index in [1.165, 1.54) is 32.5 Å². The van der Waals surface area contributed by atoms with Crippen LogP contribution in [0.5, 0.6) is 0 Å². The van der Waals surface area contributed by atoms with Crippen molar-refractivity contribution in [3.8, 4) is 0 Å². The molecule has 0 radical (unpaired) electrons. The molecule has 1 aliphatic heterocycles. The van der Waals surface area contributed by atoms with Crippen molar-refractivity contribution in [2.75, 3.05) is 39.9 Å². The van der Waals surface area contributed by atoms with Crippen LogP contribution in [0.3, 0.4) is 0 Å². The van der Waals surface area contributed by atoms with E-state index in [2.05, 4.69) is 17.1 Å². The molecule has 1 N–H and O–H groups in total. The van der Waals surface area contributed by atoms with Gasteiger partial charge in [-0.3, -0.25) is 0 Å². The van der Waals surface area contributed by atoms with E-state index in [4.69, 9.17) is 4.74 Å². The number of nitrogens with zero attached hydrogens (tertiary/aromatic N) is 1. The monoisotopic (exact) mass is 212 g/mol. The molecule has 2 fully saturated rings. The molecule has 0 amide bonds. The lowest BCUT2D eigenvalue weighted by Crippen LogP contribution is -2.40. The van der Waals surface area contributed by atoms with Gasteiger partial charge in [-0.25, -0.2) is 0 Å². The van der Waals surface area contributed by atoms with E-state index >= 15 is 0 Å². The van der Waals surface area contributed by atoms with Crippen molar-refractivity contribution in [1.29, 1.82) is 0 Å². The van der Waals surface area contributed by atoms with Gasteiger partial charge in [0.15, 0.2) is 0 Å². The molecule has 1 heterocycles. The SMILES string of the molecule is CCN(CC1CC1)CC1COCC1NC. The molecule has 3 nitrogen and oxygen atoms in total. The van der Waals surface area contributed by atoms with Crippen LogP contribution < -0.4 is 5.32 Å². The highest BCUT2D eigenvalue weighted by atomic mass is 16.5. The molecule has 1 saturated heterocycles. The van der Waals surface area contributed by atoms with E-state index in [0.717, 1.165) is 19.1 Å². The second-order valence-corrected chi connectivity index (χ2v) is 4.99. The van der Waals surface area contributed by atoms with Gasteiger partial charge in [0, 0.05) is 25.0 Å². The quantitative estimate of drug-likeness (QED) is 0.709. The topological polar surface area (TPSA) is 24.5 Å². The third-order valence-corrected chi connectivity index (χ3v) is 3.72.